The zero-order valence-corrected chi connectivity index (χ0v) is 16.0. The summed E-state index contributed by atoms with van der Waals surface area (Å²) in [6, 6.07) is 15.5. The first-order valence-corrected chi connectivity index (χ1v) is 9.82. The van der Waals surface area contributed by atoms with Crippen LogP contribution in [0, 0.1) is 11.8 Å². The Hall–Kier alpha value is -3.80. The van der Waals surface area contributed by atoms with Crippen LogP contribution in [0.15, 0.2) is 72.9 Å². The van der Waals surface area contributed by atoms with Crippen LogP contribution in [-0.2, 0) is 9.59 Å². The van der Waals surface area contributed by atoms with E-state index in [0.717, 1.165) is 5.39 Å². The van der Waals surface area contributed by atoms with Crippen LogP contribution >= 0.6 is 0 Å². The summed E-state index contributed by atoms with van der Waals surface area (Å²) in [5.41, 5.74) is 1.40. The molecule has 0 radical (unpaired) electrons. The molecule has 6 nitrogen and oxygen atoms in total. The first kappa shape index (κ1) is 18.2. The zero-order valence-electron chi connectivity index (χ0n) is 16.0. The number of benzene rings is 2. The lowest BCUT2D eigenvalue weighted by atomic mass is 9.85. The highest BCUT2D eigenvalue weighted by Gasteiger charge is 2.47. The number of rotatable bonds is 3. The Morgan fingerprint density at radius 3 is 2.27 bits per heavy atom. The summed E-state index contributed by atoms with van der Waals surface area (Å²) in [5, 5.41) is 0.875. The molecule has 3 aromatic rings. The summed E-state index contributed by atoms with van der Waals surface area (Å²) in [6.07, 6.45) is 6.74. The standard InChI is InChI=1S/C24H18N2O4/c27-22-18-7-1-2-8-19(18)23(28)26(22)17-12-10-16(11-13-17)24(29)30-20-9-3-5-15-6-4-14-25-21(15)20/h1-6,9-14,18-19H,7-8H2/t18-,19+. The maximum atomic E-state index is 12.7. The number of aromatic nitrogens is 1. The Balaban J connectivity index is 1.37. The number of allylic oxidation sites excluding steroid dienone is 2. The van der Waals surface area contributed by atoms with Crippen LogP contribution in [0.3, 0.4) is 0 Å². The number of amides is 2. The third-order valence-electron chi connectivity index (χ3n) is 5.67. The molecular weight excluding hydrogens is 380 g/mol. The van der Waals surface area contributed by atoms with Crippen molar-refractivity contribution in [1.29, 1.82) is 0 Å². The third-order valence-corrected chi connectivity index (χ3v) is 5.67. The molecule has 2 amide bonds. The highest BCUT2D eigenvalue weighted by Crippen LogP contribution is 2.37. The zero-order chi connectivity index (χ0) is 20.7. The summed E-state index contributed by atoms with van der Waals surface area (Å²) >= 11 is 0. The topological polar surface area (TPSA) is 76.6 Å². The molecule has 0 unspecified atom stereocenters. The van der Waals surface area contributed by atoms with Gasteiger partial charge in [-0.1, -0.05) is 30.4 Å². The molecule has 1 aromatic heterocycles. The number of imide groups is 1. The van der Waals surface area contributed by atoms with Crippen LogP contribution in [-0.4, -0.2) is 22.8 Å². The number of para-hydroxylation sites is 1. The first-order chi connectivity index (χ1) is 14.6. The number of ether oxygens (including phenoxy) is 1. The Labute approximate surface area is 172 Å². The predicted molar refractivity (Wildman–Crippen MR) is 111 cm³/mol. The van der Waals surface area contributed by atoms with Crippen molar-refractivity contribution in [2.45, 2.75) is 12.8 Å². The van der Waals surface area contributed by atoms with Gasteiger partial charge >= 0.3 is 5.97 Å². The van der Waals surface area contributed by atoms with E-state index in [1.807, 2.05) is 30.4 Å². The van der Waals surface area contributed by atoms with Crippen molar-refractivity contribution in [3.8, 4) is 5.75 Å². The van der Waals surface area contributed by atoms with Crippen LogP contribution in [0.2, 0.25) is 0 Å². The van der Waals surface area contributed by atoms with Gasteiger partial charge in [-0.3, -0.25) is 19.5 Å². The molecule has 2 heterocycles. The van der Waals surface area contributed by atoms with Gasteiger partial charge in [0.25, 0.3) is 0 Å². The molecule has 2 aliphatic rings. The van der Waals surface area contributed by atoms with Crippen LogP contribution in [0.25, 0.3) is 10.9 Å². The number of nitrogens with zero attached hydrogens (tertiary/aromatic N) is 2. The van der Waals surface area contributed by atoms with Gasteiger partial charge in [0.15, 0.2) is 5.75 Å². The smallest absolute Gasteiger partial charge is 0.343 e. The fourth-order valence-corrected chi connectivity index (χ4v) is 4.12. The van der Waals surface area contributed by atoms with E-state index in [4.69, 9.17) is 4.74 Å². The fraction of sp³-hybridized carbons (Fsp3) is 0.167. The van der Waals surface area contributed by atoms with E-state index in [9.17, 15) is 14.4 Å². The van der Waals surface area contributed by atoms with Crippen molar-refractivity contribution >= 4 is 34.4 Å². The van der Waals surface area contributed by atoms with Crippen LogP contribution < -0.4 is 9.64 Å². The van der Waals surface area contributed by atoms with E-state index in [1.165, 1.54) is 4.90 Å². The molecule has 6 heteroatoms. The molecule has 1 aliphatic heterocycles. The molecule has 0 bridgehead atoms. The fourth-order valence-electron chi connectivity index (χ4n) is 4.12. The number of hydrogen-bond acceptors (Lipinski definition) is 5. The van der Waals surface area contributed by atoms with Crippen LogP contribution in [0.4, 0.5) is 5.69 Å². The van der Waals surface area contributed by atoms with Gasteiger partial charge in [0.2, 0.25) is 11.8 Å². The summed E-state index contributed by atoms with van der Waals surface area (Å²) in [6.45, 7) is 0. The monoisotopic (exact) mass is 398 g/mol. The highest BCUT2D eigenvalue weighted by molar-refractivity contribution is 6.22. The number of esters is 1. The van der Waals surface area contributed by atoms with Crippen molar-refractivity contribution in [3.05, 3.63) is 78.5 Å². The second-order valence-electron chi connectivity index (χ2n) is 7.44. The quantitative estimate of drug-likeness (QED) is 0.289. The molecular formula is C24H18N2O4. The Morgan fingerprint density at radius 1 is 0.900 bits per heavy atom. The molecule has 1 fully saturated rings. The Kier molecular flexibility index (Phi) is 4.39. The van der Waals surface area contributed by atoms with Crippen LogP contribution in [0.1, 0.15) is 23.2 Å². The predicted octanol–water partition coefficient (Wildman–Crippen LogP) is 3.91. The Morgan fingerprint density at radius 2 is 1.57 bits per heavy atom. The van der Waals surface area contributed by atoms with Gasteiger partial charge in [0.05, 0.1) is 23.1 Å². The first-order valence-electron chi connectivity index (χ1n) is 9.82. The second kappa shape index (κ2) is 7.22. The highest BCUT2D eigenvalue weighted by atomic mass is 16.5. The average Bonchev–Trinajstić information content (AvgIpc) is 3.04. The van der Waals surface area contributed by atoms with Crippen molar-refractivity contribution in [2.24, 2.45) is 11.8 Å². The lowest BCUT2D eigenvalue weighted by molar-refractivity contribution is -0.122. The van der Waals surface area contributed by atoms with Crippen molar-refractivity contribution in [1.82, 2.24) is 4.98 Å². The molecule has 30 heavy (non-hydrogen) atoms. The lowest BCUT2D eigenvalue weighted by Crippen LogP contribution is -2.30. The maximum absolute atomic E-state index is 12.7. The largest absolute Gasteiger partial charge is 0.421 e. The molecule has 1 aliphatic carbocycles. The van der Waals surface area contributed by atoms with E-state index >= 15 is 0 Å². The number of fused-ring (bicyclic) bond motifs is 2. The van der Waals surface area contributed by atoms with Gasteiger partial charge in [-0.05, 0) is 49.2 Å². The van der Waals surface area contributed by atoms with E-state index in [-0.39, 0.29) is 23.7 Å². The van der Waals surface area contributed by atoms with Gasteiger partial charge < -0.3 is 4.74 Å². The second-order valence-corrected chi connectivity index (χ2v) is 7.44. The molecule has 2 atom stereocenters. The van der Waals surface area contributed by atoms with E-state index in [0.29, 0.717) is 35.4 Å². The molecule has 0 spiro atoms. The van der Waals surface area contributed by atoms with Gasteiger partial charge in [0, 0.05) is 11.6 Å². The summed E-state index contributed by atoms with van der Waals surface area (Å²) in [7, 11) is 0. The van der Waals surface area contributed by atoms with E-state index < -0.39 is 5.97 Å². The molecule has 0 N–H and O–H groups in total. The lowest BCUT2D eigenvalue weighted by Gasteiger charge is -2.15. The number of pyridine rings is 1. The van der Waals surface area contributed by atoms with Crippen molar-refractivity contribution in [2.75, 3.05) is 4.90 Å². The minimum atomic E-state index is -0.531. The van der Waals surface area contributed by atoms with Gasteiger partial charge in [-0.15, -0.1) is 0 Å². The average molecular weight is 398 g/mol. The SMILES string of the molecule is O=C(Oc1cccc2cccnc12)c1ccc(N2C(=O)[C@H]3CC=CC[C@H]3C2=O)cc1. The van der Waals surface area contributed by atoms with Crippen molar-refractivity contribution in [3.63, 3.8) is 0 Å². The number of carbonyl (C=O) groups excluding carboxylic acids is 3. The van der Waals surface area contributed by atoms with Crippen molar-refractivity contribution < 1.29 is 19.1 Å². The van der Waals surface area contributed by atoms with E-state index in [1.54, 1.807) is 42.6 Å². The summed E-state index contributed by atoms with van der Waals surface area (Å²) < 4.78 is 5.54. The minimum Gasteiger partial charge on any atom is -0.421 e. The normalized spacial score (nSPS) is 20.5. The minimum absolute atomic E-state index is 0.175. The van der Waals surface area contributed by atoms with E-state index in [2.05, 4.69) is 4.98 Å². The number of carbonyl (C=O) groups is 3. The number of anilines is 1. The molecule has 1 saturated heterocycles. The molecule has 2 aromatic carbocycles. The van der Waals surface area contributed by atoms with Gasteiger partial charge in [-0.2, -0.15) is 0 Å². The molecule has 148 valence electrons. The summed E-state index contributed by atoms with van der Waals surface area (Å²) in [4.78, 5) is 43.6. The maximum Gasteiger partial charge on any atom is 0.343 e. The van der Waals surface area contributed by atoms with Crippen LogP contribution in [0.5, 0.6) is 5.75 Å². The third kappa shape index (κ3) is 2.97. The number of hydrogen-bond donors (Lipinski definition) is 0. The van der Waals surface area contributed by atoms with Gasteiger partial charge in [-0.25, -0.2) is 4.79 Å². The Bertz CT molecular complexity index is 1170. The molecule has 0 saturated carbocycles. The molecule has 5 rings (SSSR count). The van der Waals surface area contributed by atoms with Gasteiger partial charge in [0.1, 0.15) is 5.52 Å². The summed E-state index contributed by atoms with van der Waals surface area (Å²) in [5.74, 6) is -1.07.